The van der Waals surface area contributed by atoms with Crippen LogP contribution in [0.5, 0.6) is 0 Å². The molecule has 0 amide bonds. The zero-order valence-electron chi connectivity index (χ0n) is 10.8. The average molecular weight is 263 g/mol. The molecule has 0 saturated carbocycles. The van der Waals surface area contributed by atoms with Crippen LogP contribution in [0.3, 0.4) is 0 Å². The van der Waals surface area contributed by atoms with Gasteiger partial charge in [-0.1, -0.05) is 19.1 Å². The van der Waals surface area contributed by atoms with Gasteiger partial charge in [0.2, 0.25) is 0 Å². The van der Waals surface area contributed by atoms with E-state index in [-0.39, 0.29) is 11.6 Å². The summed E-state index contributed by atoms with van der Waals surface area (Å²) in [6.45, 7) is 2.04. The summed E-state index contributed by atoms with van der Waals surface area (Å²) in [7, 11) is 1.53. The lowest BCUT2D eigenvalue weighted by Crippen LogP contribution is -2.03. The molecular formula is C14H15F2N3. The lowest BCUT2D eigenvalue weighted by Gasteiger charge is -2.10. The van der Waals surface area contributed by atoms with E-state index in [0.717, 1.165) is 23.7 Å². The zero-order valence-corrected chi connectivity index (χ0v) is 10.8. The Morgan fingerprint density at radius 1 is 1.11 bits per heavy atom. The quantitative estimate of drug-likeness (QED) is 0.883. The lowest BCUT2D eigenvalue weighted by atomic mass is 10.1. The van der Waals surface area contributed by atoms with Crippen LogP contribution in [0.1, 0.15) is 12.5 Å². The molecule has 0 aliphatic rings. The van der Waals surface area contributed by atoms with Crippen molar-refractivity contribution in [1.29, 1.82) is 0 Å². The maximum atomic E-state index is 13.6. The van der Waals surface area contributed by atoms with Crippen LogP contribution in [-0.4, -0.2) is 12.0 Å². The van der Waals surface area contributed by atoms with Crippen molar-refractivity contribution in [3.63, 3.8) is 0 Å². The fraction of sp³-hybridized carbons (Fsp3) is 0.214. The molecule has 0 spiro atoms. The first-order valence-electron chi connectivity index (χ1n) is 6.03. The first kappa shape index (κ1) is 13.3. The molecule has 19 heavy (non-hydrogen) atoms. The second-order valence-electron chi connectivity index (χ2n) is 4.08. The second kappa shape index (κ2) is 5.65. The smallest absolute Gasteiger partial charge is 0.169 e. The standard InChI is InChI=1S/C14H15F2N3/c1-3-9-5-4-6-10(7-9)18-14-12(16)8-11(15)13(17-2)19-14/h4-8H,3H2,1-2H3,(H2,17,18,19). The summed E-state index contributed by atoms with van der Waals surface area (Å²) in [5, 5.41) is 5.43. The van der Waals surface area contributed by atoms with E-state index in [4.69, 9.17) is 0 Å². The van der Waals surface area contributed by atoms with Crippen molar-refractivity contribution in [2.45, 2.75) is 13.3 Å². The SMILES string of the molecule is CCc1cccc(Nc2nc(NC)c(F)cc2F)c1. The molecule has 0 unspecified atom stereocenters. The van der Waals surface area contributed by atoms with Crippen LogP contribution >= 0.6 is 0 Å². The van der Waals surface area contributed by atoms with Crippen LogP contribution < -0.4 is 10.6 Å². The number of aromatic nitrogens is 1. The molecule has 0 fully saturated rings. The zero-order chi connectivity index (χ0) is 13.8. The molecule has 2 N–H and O–H groups in total. The Morgan fingerprint density at radius 3 is 2.53 bits per heavy atom. The number of anilines is 3. The first-order chi connectivity index (χ1) is 9.13. The monoisotopic (exact) mass is 263 g/mol. The van der Waals surface area contributed by atoms with Gasteiger partial charge in [-0.15, -0.1) is 0 Å². The number of hydrogen-bond acceptors (Lipinski definition) is 3. The minimum absolute atomic E-state index is 0.000923. The highest BCUT2D eigenvalue weighted by molar-refractivity contribution is 5.59. The van der Waals surface area contributed by atoms with Crippen molar-refractivity contribution < 1.29 is 8.78 Å². The highest BCUT2D eigenvalue weighted by Crippen LogP contribution is 2.22. The summed E-state index contributed by atoms with van der Waals surface area (Å²) in [4.78, 5) is 3.87. The number of aryl methyl sites for hydroxylation is 1. The van der Waals surface area contributed by atoms with E-state index in [0.29, 0.717) is 0 Å². The minimum Gasteiger partial charge on any atom is -0.371 e. The van der Waals surface area contributed by atoms with E-state index < -0.39 is 11.6 Å². The van der Waals surface area contributed by atoms with E-state index in [9.17, 15) is 8.78 Å². The number of nitrogens with one attached hydrogen (secondary N) is 2. The van der Waals surface area contributed by atoms with E-state index in [2.05, 4.69) is 15.6 Å². The molecule has 0 bridgehead atoms. The maximum Gasteiger partial charge on any atom is 0.169 e. The van der Waals surface area contributed by atoms with Gasteiger partial charge in [-0.25, -0.2) is 13.8 Å². The van der Waals surface area contributed by atoms with Crippen molar-refractivity contribution in [2.24, 2.45) is 0 Å². The Balaban J connectivity index is 2.32. The predicted octanol–water partition coefficient (Wildman–Crippen LogP) is 3.71. The first-order valence-corrected chi connectivity index (χ1v) is 6.03. The molecule has 1 heterocycles. The third-order valence-corrected chi connectivity index (χ3v) is 2.76. The van der Waals surface area contributed by atoms with Crippen LogP contribution in [0.15, 0.2) is 30.3 Å². The molecule has 2 aromatic rings. The summed E-state index contributed by atoms with van der Waals surface area (Å²) in [6.07, 6.45) is 0.886. The molecule has 0 atom stereocenters. The number of benzene rings is 1. The van der Waals surface area contributed by atoms with Crippen molar-refractivity contribution in [3.8, 4) is 0 Å². The van der Waals surface area contributed by atoms with Crippen LogP contribution in [0.25, 0.3) is 0 Å². The molecule has 1 aromatic carbocycles. The fourth-order valence-electron chi connectivity index (χ4n) is 1.74. The Bertz CT molecular complexity index is 585. The van der Waals surface area contributed by atoms with Gasteiger partial charge in [0.25, 0.3) is 0 Å². The molecule has 5 heteroatoms. The van der Waals surface area contributed by atoms with Crippen molar-refractivity contribution in [1.82, 2.24) is 4.98 Å². The van der Waals surface area contributed by atoms with E-state index in [1.165, 1.54) is 7.05 Å². The van der Waals surface area contributed by atoms with Gasteiger partial charge in [-0.2, -0.15) is 0 Å². The maximum absolute atomic E-state index is 13.6. The van der Waals surface area contributed by atoms with E-state index >= 15 is 0 Å². The Hall–Kier alpha value is -2.17. The van der Waals surface area contributed by atoms with Gasteiger partial charge in [0.1, 0.15) is 0 Å². The molecule has 100 valence electrons. The summed E-state index contributed by atoms with van der Waals surface area (Å²) in [6, 6.07) is 8.39. The molecular weight excluding hydrogens is 248 g/mol. The van der Waals surface area contributed by atoms with Gasteiger partial charge in [0, 0.05) is 18.8 Å². The van der Waals surface area contributed by atoms with Gasteiger partial charge in [0.05, 0.1) is 0 Å². The van der Waals surface area contributed by atoms with Gasteiger partial charge < -0.3 is 10.6 Å². The van der Waals surface area contributed by atoms with Crippen molar-refractivity contribution >= 4 is 17.3 Å². The van der Waals surface area contributed by atoms with Crippen LogP contribution in [-0.2, 0) is 6.42 Å². The van der Waals surface area contributed by atoms with E-state index in [1.54, 1.807) is 0 Å². The third-order valence-electron chi connectivity index (χ3n) is 2.76. The van der Waals surface area contributed by atoms with Gasteiger partial charge in [-0.05, 0) is 24.1 Å². The molecule has 3 nitrogen and oxygen atoms in total. The number of hydrogen-bond donors (Lipinski definition) is 2. The molecule has 0 saturated heterocycles. The molecule has 2 rings (SSSR count). The molecule has 1 aromatic heterocycles. The Labute approximate surface area is 110 Å². The van der Waals surface area contributed by atoms with Crippen molar-refractivity contribution in [2.75, 3.05) is 17.7 Å². The normalized spacial score (nSPS) is 10.3. The minimum atomic E-state index is -0.724. The molecule has 0 aliphatic carbocycles. The number of nitrogens with zero attached hydrogens (tertiary/aromatic N) is 1. The summed E-state index contributed by atoms with van der Waals surface area (Å²) < 4.78 is 26.9. The summed E-state index contributed by atoms with van der Waals surface area (Å²) in [5.41, 5.74) is 1.85. The number of halogens is 2. The predicted molar refractivity (Wildman–Crippen MR) is 72.8 cm³/mol. The third kappa shape index (κ3) is 2.99. The Morgan fingerprint density at radius 2 is 1.84 bits per heavy atom. The number of rotatable bonds is 4. The van der Waals surface area contributed by atoms with Crippen LogP contribution in [0.2, 0.25) is 0 Å². The lowest BCUT2D eigenvalue weighted by molar-refractivity contribution is 0.580. The highest BCUT2D eigenvalue weighted by Gasteiger charge is 2.11. The van der Waals surface area contributed by atoms with Crippen molar-refractivity contribution in [3.05, 3.63) is 47.5 Å². The Kier molecular flexibility index (Phi) is 3.94. The van der Waals surface area contributed by atoms with Gasteiger partial charge in [0.15, 0.2) is 23.3 Å². The van der Waals surface area contributed by atoms with Crippen LogP contribution in [0, 0.1) is 11.6 Å². The van der Waals surface area contributed by atoms with Gasteiger partial charge >= 0.3 is 0 Å². The van der Waals surface area contributed by atoms with Gasteiger partial charge in [-0.3, -0.25) is 0 Å². The van der Waals surface area contributed by atoms with Crippen LogP contribution in [0.4, 0.5) is 26.1 Å². The summed E-state index contributed by atoms with van der Waals surface area (Å²) >= 11 is 0. The summed E-state index contributed by atoms with van der Waals surface area (Å²) in [5.74, 6) is -1.43. The fourth-order valence-corrected chi connectivity index (χ4v) is 1.74. The largest absolute Gasteiger partial charge is 0.371 e. The molecule has 0 radical (unpaired) electrons. The molecule has 0 aliphatic heterocycles. The highest BCUT2D eigenvalue weighted by atomic mass is 19.1. The topological polar surface area (TPSA) is 37.0 Å². The number of pyridine rings is 1. The average Bonchev–Trinajstić information content (AvgIpc) is 2.42. The second-order valence-corrected chi connectivity index (χ2v) is 4.08. The van der Waals surface area contributed by atoms with E-state index in [1.807, 2.05) is 31.2 Å².